The topological polar surface area (TPSA) is 19.9 Å². The Morgan fingerprint density at radius 3 is 2.44 bits per heavy atom. The normalized spacial score (nSPS) is 10.0. The molecule has 0 aliphatic rings. The Labute approximate surface area is 95.7 Å². The molecule has 2 aromatic carbocycles. The van der Waals surface area contributed by atoms with Crippen LogP contribution in [0.4, 0.5) is 0 Å². The lowest BCUT2D eigenvalue weighted by Gasteiger charge is -2.06. The summed E-state index contributed by atoms with van der Waals surface area (Å²) in [5, 5.41) is 12.1. The van der Waals surface area contributed by atoms with Gasteiger partial charge in [-0.05, 0) is 12.0 Å². The fourth-order valence-corrected chi connectivity index (χ4v) is 1.75. The lowest BCUT2D eigenvalue weighted by atomic mass is 10.00. The van der Waals surface area contributed by atoms with Gasteiger partial charge in [0.25, 0.3) is 0 Å². The molecule has 0 aromatic heterocycles. The summed E-state index contributed by atoms with van der Waals surface area (Å²) >= 11 is 0. The Bertz CT molecular complexity index is 486. The van der Waals surface area contributed by atoms with Gasteiger partial charge in [0.1, 0.15) is 0 Å². The molecule has 0 fully saturated rings. The van der Waals surface area contributed by atoms with Crippen molar-refractivity contribution in [1.82, 2.24) is 0 Å². The Kier molecular flexibility index (Phi) is 3.06. The standard InChI is InChI=1S/C15H13O/c1-2-7-13-10-6-11-14(15(13)16)12-8-4-3-5-9-12/h2-6,8-11H,1,7H2. The van der Waals surface area contributed by atoms with E-state index in [1.54, 1.807) is 6.08 Å². The third-order valence-corrected chi connectivity index (χ3v) is 2.55. The van der Waals surface area contributed by atoms with Crippen LogP contribution in [-0.2, 0) is 11.5 Å². The van der Waals surface area contributed by atoms with Crippen molar-refractivity contribution in [2.45, 2.75) is 6.42 Å². The summed E-state index contributed by atoms with van der Waals surface area (Å²) in [6.07, 6.45) is 2.38. The van der Waals surface area contributed by atoms with E-state index < -0.39 is 0 Å². The number of hydrogen-bond acceptors (Lipinski definition) is 0. The molecule has 0 spiro atoms. The van der Waals surface area contributed by atoms with Crippen LogP contribution in [0.5, 0.6) is 5.75 Å². The third kappa shape index (κ3) is 1.98. The number of rotatable bonds is 3. The van der Waals surface area contributed by atoms with E-state index in [1.807, 2.05) is 48.5 Å². The van der Waals surface area contributed by atoms with Crippen LogP contribution in [0.25, 0.3) is 11.1 Å². The van der Waals surface area contributed by atoms with E-state index in [2.05, 4.69) is 6.58 Å². The molecule has 1 heteroatoms. The maximum absolute atomic E-state index is 12.1. The highest BCUT2D eigenvalue weighted by molar-refractivity contribution is 5.71. The average Bonchev–Trinajstić information content (AvgIpc) is 2.33. The minimum absolute atomic E-state index is 0.105. The van der Waals surface area contributed by atoms with Crippen molar-refractivity contribution in [3.63, 3.8) is 0 Å². The molecule has 79 valence electrons. The highest BCUT2D eigenvalue weighted by Gasteiger charge is 2.09. The molecule has 0 N–H and O–H groups in total. The second kappa shape index (κ2) is 4.67. The van der Waals surface area contributed by atoms with Crippen LogP contribution in [0.1, 0.15) is 5.56 Å². The molecule has 1 nitrogen and oxygen atoms in total. The van der Waals surface area contributed by atoms with Crippen LogP contribution < -0.4 is 0 Å². The molecule has 1 radical (unpaired) electrons. The molecule has 2 aromatic rings. The first-order valence-electron chi connectivity index (χ1n) is 5.28. The zero-order valence-electron chi connectivity index (χ0n) is 9.02. The summed E-state index contributed by atoms with van der Waals surface area (Å²) in [5.41, 5.74) is 2.54. The van der Waals surface area contributed by atoms with Crippen molar-refractivity contribution in [1.29, 1.82) is 0 Å². The molecule has 0 saturated heterocycles. The van der Waals surface area contributed by atoms with Gasteiger partial charge in [0.2, 0.25) is 0 Å². The Hall–Kier alpha value is -2.02. The first kappa shape index (κ1) is 10.5. The van der Waals surface area contributed by atoms with Gasteiger partial charge in [0, 0.05) is 11.1 Å². The monoisotopic (exact) mass is 209 g/mol. The Morgan fingerprint density at radius 1 is 1.00 bits per heavy atom. The molecule has 0 amide bonds. The first-order chi connectivity index (χ1) is 7.83. The van der Waals surface area contributed by atoms with Crippen LogP contribution in [-0.4, -0.2) is 0 Å². The smallest absolute Gasteiger partial charge is 0.189 e. The highest BCUT2D eigenvalue weighted by atomic mass is 16.3. The molecule has 0 aliphatic carbocycles. The molecular formula is C15H13O. The zero-order valence-corrected chi connectivity index (χ0v) is 9.02. The van der Waals surface area contributed by atoms with Gasteiger partial charge in [-0.1, -0.05) is 54.6 Å². The van der Waals surface area contributed by atoms with Crippen LogP contribution >= 0.6 is 0 Å². The second-order valence-electron chi connectivity index (χ2n) is 3.65. The molecule has 0 unspecified atom stereocenters. The maximum atomic E-state index is 12.1. The van der Waals surface area contributed by atoms with Crippen molar-refractivity contribution in [3.8, 4) is 16.9 Å². The van der Waals surface area contributed by atoms with Gasteiger partial charge in [-0.15, -0.1) is 6.58 Å². The minimum atomic E-state index is 0.105. The fourth-order valence-electron chi connectivity index (χ4n) is 1.75. The van der Waals surface area contributed by atoms with Crippen LogP contribution in [0.2, 0.25) is 0 Å². The van der Waals surface area contributed by atoms with Crippen molar-refractivity contribution >= 4 is 0 Å². The van der Waals surface area contributed by atoms with Crippen LogP contribution in [0.3, 0.4) is 0 Å². The van der Waals surface area contributed by atoms with Gasteiger partial charge in [-0.25, -0.2) is 0 Å². The lowest BCUT2D eigenvalue weighted by Crippen LogP contribution is -1.85. The number of benzene rings is 2. The summed E-state index contributed by atoms with van der Waals surface area (Å²) in [6.45, 7) is 3.66. The van der Waals surface area contributed by atoms with E-state index in [1.165, 1.54) is 0 Å². The summed E-state index contributed by atoms with van der Waals surface area (Å²) in [6, 6.07) is 15.4. The molecule has 16 heavy (non-hydrogen) atoms. The molecular weight excluding hydrogens is 196 g/mol. The van der Waals surface area contributed by atoms with Gasteiger partial charge >= 0.3 is 0 Å². The van der Waals surface area contributed by atoms with Crippen LogP contribution in [0.15, 0.2) is 61.2 Å². The first-order valence-corrected chi connectivity index (χ1v) is 5.28. The summed E-state index contributed by atoms with van der Waals surface area (Å²) in [7, 11) is 0. The van der Waals surface area contributed by atoms with E-state index in [0.29, 0.717) is 6.42 Å². The summed E-state index contributed by atoms with van der Waals surface area (Å²) in [5.74, 6) is 0.105. The minimum Gasteiger partial charge on any atom is -0.289 e. The van der Waals surface area contributed by atoms with Crippen molar-refractivity contribution < 1.29 is 5.11 Å². The highest BCUT2D eigenvalue weighted by Crippen LogP contribution is 2.32. The third-order valence-electron chi connectivity index (χ3n) is 2.55. The number of hydrogen-bond donors (Lipinski definition) is 0. The summed E-state index contributed by atoms with van der Waals surface area (Å²) < 4.78 is 0. The van der Waals surface area contributed by atoms with Crippen molar-refractivity contribution in [2.24, 2.45) is 0 Å². The lowest BCUT2D eigenvalue weighted by molar-refractivity contribution is 0.352. The number of para-hydroxylation sites is 1. The Balaban J connectivity index is 2.50. The van der Waals surface area contributed by atoms with E-state index in [-0.39, 0.29) is 5.75 Å². The van der Waals surface area contributed by atoms with Crippen molar-refractivity contribution in [3.05, 3.63) is 66.7 Å². The fraction of sp³-hybridized carbons (Fsp3) is 0.0667. The SMILES string of the molecule is C=CCc1cccc(-c2ccccc2)c1[O]. The predicted octanol–water partition coefficient (Wildman–Crippen LogP) is 4.23. The van der Waals surface area contributed by atoms with E-state index in [9.17, 15) is 5.11 Å². The molecule has 0 aliphatic heterocycles. The molecule has 2 rings (SSSR count). The average molecular weight is 209 g/mol. The van der Waals surface area contributed by atoms with Crippen LogP contribution in [0, 0.1) is 0 Å². The van der Waals surface area contributed by atoms with E-state index in [0.717, 1.165) is 16.7 Å². The number of allylic oxidation sites excluding steroid dienone is 1. The predicted molar refractivity (Wildman–Crippen MR) is 65.9 cm³/mol. The van der Waals surface area contributed by atoms with Gasteiger partial charge in [0.05, 0.1) is 0 Å². The quantitative estimate of drug-likeness (QED) is 0.674. The molecule has 0 bridgehead atoms. The summed E-state index contributed by atoms with van der Waals surface area (Å²) in [4.78, 5) is 0. The van der Waals surface area contributed by atoms with Gasteiger partial charge in [-0.3, -0.25) is 5.11 Å². The Morgan fingerprint density at radius 2 is 1.75 bits per heavy atom. The molecule has 0 saturated carbocycles. The maximum Gasteiger partial charge on any atom is 0.189 e. The van der Waals surface area contributed by atoms with E-state index in [4.69, 9.17) is 0 Å². The zero-order chi connectivity index (χ0) is 11.4. The van der Waals surface area contributed by atoms with Crippen molar-refractivity contribution in [2.75, 3.05) is 0 Å². The largest absolute Gasteiger partial charge is 0.289 e. The van der Waals surface area contributed by atoms with E-state index >= 15 is 0 Å². The second-order valence-corrected chi connectivity index (χ2v) is 3.65. The molecule has 0 heterocycles. The molecule has 0 atom stereocenters. The van der Waals surface area contributed by atoms with Gasteiger partial charge in [0.15, 0.2) is 5.75 Å². The van der Waals surface area contributed by atoms with Gasteiger partial charge in [-0.2, -0.15) is 0 Å². The van der Waals surface area contributed by atoms with Gasteiger partial charge < -0.3 is 0 Å².